The van der Waals surface area contributed by atoms with Crippen LogP contribution in [-0.2, 0) is 19.1 Å². The molecule has 2 fully saturated rings. The lowest BCUT2D eigenvalue weighted by atomic mass is 9.97. The molecule has 0 unspecified atom stereocenters. The lowest BCUT2D eigenvalue weighted by molar-refractivity contribution is -0.138. The molecule has 10 nitrogen and oxygen atoms in total. The van der Waals surface area contributed by atoms with Crippen molar-refractivity contribution >= 4 is 23.2 Å². The summed E-state index contributed by atoms with van der Waals surface area (Å²) in [5, 5.41) is 6.57. The third-order valence-electron chi connectivity index (χ3n) is 8.34. The van der Waals surface area contributed by atoms with Crippen LogP contribution in [0.15, 0.2) is 61.2 Å². The van der Waals surface area contributed by atoms with Crippen LogP contribution in [0.4, 0.5) is 30.6 Å². The number of methoxy groups -OCH3 is 1. The molecule has 1 aliphatic heterocycles. The Kier molecular flexibility index (Phi) is 9.22. The van der Waals surface area contributed by atoms with Crippen molar-refractivity contribution < 1.29 is 22.7 Å². The summed E-state index contributed by atoms with van der Waals surface area (Å²) in [7, 11) is 1.49. The largest absolute Gasteiger partial charge is 0.497 e. The van der Waals surface area contributed by atoms with Crippen molar-refractivity contribution in [3.8, 4) is 11.6 Å². The number of carbonyl (C=O) groups excluding carboxylic acids is 1. The molecular weight excluding hydrogens is 597 g/mol. The molecule has 0 spiro atoms. The molecule has 0 bridgehead atoms. The number of alkyl halides is 3. The van der Waals surface area contributed by atoms with Crippen LogP contribution in [0.25, 0.3) is 5.82 Å². The predicted octanol–water partition coefficient (Wildman–Crippen LogP) is 5.57. The smallest absolute Gasteiger partial charge is 0.416 e. The first-order valence-electron chi connectivity index (χ1n) is 15.4. The number of Topliss-reactive ketones (excluding diaryl/α,β-unsaturated/α-hetero) is 1. The number of rotatable bonds is 12. The molecule has 6 rings (SSSR count). The second-order valence-corrected chi connectivity index (χ2v) is 11.7. The molecule has 0 radical (unpaired) electrons. The Balaban J connectivity index is 1.19. The van der Waals surface area contributed by atoms with E-state index >= 15 is 0 Å². The van der Waals surface area contributed by atoms with Gasteiger partial charge in [0, 0.05) is 81.0 Å². The number of benzene rings is 2. The molecule has 1 saturated carbocycles. The first-order valence-corrected chi connectivity index (χ1v) is 15.4. The first-order chi connectivity index (χ1) is 22.2. The van der Waals surface area contributed by atoms with Gasteiger partial charge in [-0.05, 0) is 48.7 Å². The van der Waals surface area contributed by atoms with Crippen molar-refractivity contribution in [2.75, 3.05) is 50.5 Å². The van der Waals surface area contributed by atoms with Crippen LogP contribution in [0.1, 0.15) is 46.8 Å². The number of hydrogen-bond donors (Lipinski definition) is 2. The summed E-state index contributed by atoms with van der Waals surface area (Å²) in [6, 6.07) is 11.4. The number of likely N-dealkylation sites (N-methyl/N-ethyl adjacent to an activating group) is 1. The standard InChI is InChI=1S/C33H37F3N8O2/c1-3-42-10-12-43(13-11-42)20-23-5-4-22(14-28(23)33(34,35)36)15-29(45)24-16-26(18-27(17-24)46-2)41-32-37-8-9-44(32)31-19-30(38-21-39-31)40-25-6-7-25/h4-5,8-9,14,16-19,21,25H,3,6-7,10-13,15,20H2,1-2H3,(H,37,41)(H,38,39,40). The van der Waals surface area contributed by atoms with Gasteiger partial charge in [0.1, 0.15) is 23.7 Å². The van der Waals surface area contributed by atoms with E-state index in [2.05, 4.69) is 37.4 Å². The maximum atomic E-state index is 14.2. The Labute approximate surface area is 265 Å². The molecule has 0 amide bonds. The van der Waals surface area contributed by atoms with E-state index in [1.54, 1.807) is 41.2 Å². The molecule has 3 heterocycles. The molecule has 13 heteroatoms. The molecule has 46 heavy (non-hydrogen) atoms. The van der Waals surface area contributed by atoms with Crippen LogP contribution in [-0.4, -0.2) is 81.0 Å². The van der Waals surface area contributed by atoms with Gasteiger partial charge >= 0.3 is 6.18 Å². The molecule has 2 N–H and O–H groups in total. The van der Waals surface area contributed by atoms with Gasteiger partial charge < -0.3 is 20.3 Å². The predicted molar refractivity (Wildman–Crippen MR) is 169 cm³/mol. The summed E-state index contributed by atoms with van der Waals surface area (Å²) in [4.78, 5) is 30.9. The van der Waals surface area contributed by atoms with E-state index in [-0.39, 0.29) is 24.3 Å². The Hall–Kier alpha value is -4.49. The monoisotopic (exact) mass is 634 g/mol. The highest BCUT2D eigenvalue weighted by atomic mass is 19.4. The van der Waals surface area contributed by atoms with Crippen molar-refractivity contribution in [3.63, 3.8) is 0 Å². The van der Waals surface area contributed by atoms with E-state index in [0.29, 0.717) is 40.4 Å². The van der Waals surface area contributed by atoms with Crippen LogP contribution >= 0.6 is 0 Å². The highest BCUT2D eigenvalue weighted by Crippen LogP contribution is 2.34. The Morgan fingerprint density at radius 1 is 1.00 bits per heavy atom. The van der Waals surface area contributed by atoms with Crippen molar-refractivity contribution in [1.29, 1.82) is 0 Å². The third-order valence-corrected chi connectivity index (χ3v) is 8.34. The molecule has 2 aromatic carbocycles. The van der Waals surface area contributed by atoms with Crippen molar-refractivity contribution in [3.05, 3.63) is 83.4 Å². The number of anilines is 3. The lowest BCUT2D eigenvalue weighted by Crippen LogP contribution is -2.45. The summed E-state index contributed by atoms with van der Waals surface area (Å²) < 4.78 is 49.7. The van der Waals surface area contributed by atoms with Crippen molar-refractivity contribution in [1.82, 2.24) is 29.3 Å². The quantitative estimate of drug-likeness (QED) is 0.194. The van der Waals surface area contributed by atoms with E-state index in [4.69, 9.17) is 4.74 Å². The Morgan fingerprint density at radius 2 is 1.78 bits per heavy atom. The Bertz CT molecular complexity index is 1680. The highest BCUT2D eigenvalue weighted by molar-refractivity contribution is 5.99. The lowest BCUT2D eigenvalue weighted by Gasteiger charge is -2.34. The molecule has 0 atom stereocenters. The van der Waals surface area contributed by atoms with Crippen LogP contribution in [0.5, 0.6) is 5.75 Å². The minimum absolute atomic E-state index is 0.197. The van der Waals surface area contributed by atoms with Crippen LogP contribution in [0.3, 0.4) is 0 Å². The minimum atomic E-state index is -4.53. The summed E-state index contributed by atoms with van der Waals surface area (Å²) in [5.74, 6) is 1.85. The number of carbonyl (C=O) groups is 1. The minimum Gasteiger partial charge on any atom is -0.497 e. The SMILES string of the molecule is CCN1CCN(Cc2ccc(CC(=O)c3cc(Nc4nccn4-c4cc(NC5CC5)ncn4)cc(OC)c3)cc2C(F)(F)F)CC1. The van der Waals surface area contributed by atoms with E-state index in [1.165, 1.54) is 19.5 Å². The molecule has 4 aromatic rings. The molecule has 1 saturated heterocycles. The molecule has 2 aliphatic rings. The van der Waals surface area contributed by atoms with Crippen molar-refractivity contribution in [2.45, 2.75) is 44.9 Å². The molecule has 242 valence electrons. The van der Waals surface area contributed by atoms with Crippen LogP contribution in [0, 0.1) is 0 Å². The second kappa shape index (κ2) is 13.5. The van der Waals surface area contributed by atoms with E-state index in [1.807, 2.05) is 11.0 Å². The van der Waals surface area contributed by atoms with Gasteiger partial charge in [0.15, 0.2) is 5.78 Å². The number of hydrogen-bond acceptors (Lipinski definition) is 9. The maximum absolute atomic E-state index is 14.2. The zero-order valence-electron chi connectivity index (χ0n) is 25.8. The number of aromatic nitrogens is 4. The number of nitrogens with one attached hydrogen (secondary N) is 2. The normalized spacial score (nSPS) is 15.9. The number of ether oxygens (including phenoxy) is 1. The van der Waals surface area contributed by atoms with Crippen LogP contribution in [0.2, 0.25) is 0 Å². The average Bonchev–Trinajstić information content (AvgIpc) is 3.75. The van der Waals surface area contributed by atoms with Gasteiger partial charge in [-0.3, -0.25) is 14.3 Å². The summed E-state index contributed by atoms with van der Waals surface area (Å²) >= 11 is 0. The number of nitrogens with zero attached hydrogens (tertiary/aromatic N) is 6. The number of halogens is 3. The second-order valence-electron chi connectivity index (χ2n) is 11.7. The van der Waals surface area contributed by atoms with Crippen LogP contribution < -0.4 is 15.4 Å². The van der Waals surface area contributed by atoms with Gasteiger partial charge in [-0.15, -0.1) is 0 Å². The summed E-state index contributed by atoms with van der Waals surface area (Å²) in [6.07, 6.45) is 2.35. The Morgan fingerprint density at radius 3 is 2.50 bits per heavy atom. The molecule has 1 aliphatic carbocycles. The number of ketones is 1. The van der Waals surface area contributed by atoms with Gasteiger partial charge in [-0.25, -0.2) is 15.0 Å². The van der Waals surface area contributed by atoms with E-state index < -0.39 is 11.7 Å². The van der Waals surface area contributed by atoms with Gasteiger partial charge in [0.25, 0.3) is 0 Å². The first kappa shape index (κ1) is 31.5. The molecule has 2 aromatic heterocycles. The van der Waals surface area contributed by atoms with Crippen molar-refractivity contribution in [2.24, 2.45) is 0 Å². The van der Waals surface area contributed by atoms with Gasteiger partial charge in [-0.1, -0.05) is 19.1 Å². The highest BCUT2D eigenvalue weighted by Gasteiger charge is 2.34. The zero-order chi connectivity index (χ0) is 32.3. The van der Waals surface area contributed by atoms with Gasteiger partial charge in [-0.2, -0.15) is 13.2 Å². The van der Waals surface area contributed by atoms with Gasteiger partial charge in [0.05, 0.1) is 12.7 Å². The third kappa shape index (κ3) is 7.65. The fraction of sp³-hybridized carbons (Fsp3) is 0.394. The summed E-state index contributed by atoms with van der Waals surface area (Å²) in [5.41, 5.74) is 0.635. The fourth-order valence-corrected chi connectivity index (χ4v) is 5.58. The molecular formula is C33H37F3N8O2. The topological polar surface area (TPSA) is 100 Å². The summed E-state index contributed by atoms with van der Waals surface area (Å²) in [6.45, 7) is 6.34. The maximum Gasteiger partial charge on any atom is 0.416 e. The number of imidazole rings is 1. The fourth-order valence-electron chi connectivity index (χ4n) is 5.58. The zero-order valence-corrected chi connectivity index (χ0v) is 25.8. The van der Waals surface area contributed by atoms with Gasteiger partial charge in [0.2, 0.25) is 5.95 Å². The van der Waals surface area contributed by atoms with E-state index in [0.717, 1.165) is 57.4 Å². The average molecular weight is 635 g/mol. The number of piperazine rings is 1. The van der Waals surface area contributed by atoms with E-state index in [9.17, 15) is 18.0 Å².